The minimum Gasteiger partial charge on any atom is -0.480 e. The van der Waals surface area contributed by atoms with Crippen molar-refractivity contribution < 1.29 is 29.1 Å². The Morgan fingerprint density at radius 2 is 1.22 bits per heavy atom. The van der Waals surface area contributed by atoms with Crippen LogP contribution >= 0.6 is 0 Å². The summed E-state index contributed by atoms with van der Waals surface area (Å²) in [6, 6.07) is -5.03. The Bertz CT molecular complexity index is 714. The molecule has 0 unspecified atom stereocenters. The van der Waals surface area contributed by atoms with Gasteiger partial charge in [-0.05, 0) is 40.5 Å². The molecule has 182 valence electrons. The number of carbonyl (C=O) groups excluding carboxylic acids is 4. The smallest absolute Gasteiger partial charge is 0.326 e. The Kier molecular flexibility index (Phi) is 12.3. The Morgan fingerprint density at radius 1 is 0.812 bits per heavy atom. The zero-order valence-electron chi connectivity index (χ0n) is 18.7. The Morgan fingerprint density at radius 3 is 1.59 bits per heavy atom. The zero-order valence-corrected chi connectivity index (χ0v) is 18.7. The highest BCUT2D eigenvalue weighted by molar-refractivity contribution is 5.94. The number of nitrogens with two attached hydrogens (primary N) is 2. The third kappa shape index (κ3) is 11.1. The number of carbonyl (C=O) groups is 5. The summed E-state index contributed by atoms with van der Waals surface area (Å²) in [5.74, 6) is -4.04. The molecule has 0 saturated carbocycles. The lowest BCUT2D eigenvalue weighted by Crippen LogP contribution is -2.56. The van der Waals surface area contributed by atoms with Crippen LogP contribution in [0, 0.1) is 5.41 Å². The molecule has 5 atom stereocenters. The van der Waals surface area contributed by atoms with Crippen molar-refractivity contribution in [1.29, 1.82) is 5.41 Å². The highest BCUT2D eigenvalue weighted by atomic mass is 16.4. The first-order valence-corrected chi connectivity index (χ1v) is 10.0. The number of rotatable bonds is 13. The number of guanidine groups is 1. The van der Waals surface area contributed by atoms with E-state index >= 15 is 0 Å². The molecule has 14 nitrogen and oxygen atoms in total. The van der Waals surface area contributed by atoms with Gasteiger partial charge in [0.15, 0.2) is 5.96 Å². The van der Waals surface area contributed by atoms with Gasteiger partial charge in [-0.15, -0.1) is 0 Å². The van der Waals surface area contributed by atoms with Crippen molar-refractivity contribution >= 4 is 35.6 Å². The summed E-state index contributed by atoms with van der Waals surface area (Å²) < 4.78 is 0. The number of carboxylic acids is 1. The van der Waals surface area contributed by atoms with Crippen LogP contribution in [0.4, 0.5) is 0 Å². The van der Waals surface area contributed by atoms with Gasteiger partial charge in [-0.1, -0.05) is 0 Å². The van der Waals surface area contributed by atoms with Crippen molar-refractivity contribution in [3.8, 4) is 0 Å². The zero-order chi connectivity index (χ0) is 25.0. The van der Waals surface area contributed by atoms with Crippen molar-refractivity contribution in [1.82, 2.24) is 26.6 Å². The van der Waals surface area contributed by atoms with Gasteiger partial charge in [-0.2, -0.15) is 0 Å². The second kappa shape index (κ2) is 13.8. The van der Waals surface area contributed by atoms with E-state index < -0.39 is 59.8 Å². The first kappa shape index (κ1) is 28.6. The van der Waals surface area contributed by atoms with E-state index in [9.17, 15) is 29.1 Å². The molecule has 0 aliphatic carbocycles. The third-order valence-corrected chi connectivity index (χ3v) is 4.27. The van der Waals surface area contributed by atoms with Crippen LogP contribution in [-0.4, -0.2) is 77.4 Å². The van der Waals surface area contributed by atoms with Gasteiger partial charge in [-0.25, -0.2) is 4.79 Å². The fraction of sp³-hybridized carbons (Fsp3) is 0.667. The van der Waals surface area contributed by atoms with Crippen molar-refractivity contribution in [2.45, 2.75) is 70.7 Å². The van der Waals surface area contributed by atoms with E-state index in [-0.39, 0.29) is 18.9 Å². The molecule has 0 spiro atoms. The van der Waals surface area contributed by atoms with E-state index in [0.29, 0.717) is 6.42 Å². The average Bonchev–Trinajstić information content (AvgIpc) is 2.68. The summed E-state index contributed by atoms with van der Waals surface area (Å²) in [7, 11) is 0. The fourth-order valence-corrected chi connectivity index (χ4v) is 2.30. The molecule has 0 aliphatic heterocycles. The normalized spacial score (nSPS) is 15.2. The highest BCUT2D eigenvalue weighted by Crippen LogP contribution is 1.99. The largest absolute Gasteiger partial charge is 0.480 e. The molecule has 0 fully saturated rings. The van der Waals surface area contributed by atoms with Gasteiger partial charge >= 0.3 is 5.97 Å². The van der Waals surface area contributed by atoms with Gasteiger partial charge < -0.3 is 43.2 Å². The first-order chi connectivity index (χ1) is 14.8. The van der Waals surface area contributed by atoms with Crippen molar-refractivity contribution in [2.24, 2.45) is 11.5 Å². The van der Waals surface area contributed by atoms with Gasteiger partial charge in [0.25, 0.3) is 0 Å². The molecule has 0 aromatic heterocycles. The van der Waals surface area contributed by atoms with Gasteiger partial charge in [0, 0.05) is 6.54 Å². The van der Waals surface area contributed by atoms with E-state index in [0.717, 1.165) is 0 Å². The summed E-state index contributed by atoms with van der Waals surface area (Å²) in [4.78, 5) is 59.5. The van der Waals surface area contributed by atoms with Gasteiger partial charge in [-0.3, -0.25) is 24.6 Å². The van der Waals surface area contributed by atoms with Crippen LogP contribution in [0.15, 0.2) is 0 Å². The summed E-state index contributed by atoms with van der Waals surface area (Å²) in [5.41, 5.74) is 10.6. The predicted molar refractivity (Wildman–Crippen MR) is 115 cm³/mol. The van der Waals surface area contributed by atoms with Crippen LogP contribution in [0.3, 0.4) is 0 Å². The lowest BCUT2D eigenvalue weighted by Gasteiger charge is -2.22. The predicted octanol–water partition coefficient (Wildman–Crippen LogP) is -3.32. The maximum atomic E-state index is 12.3. The molecule has 0 aliphatic rings. The van der Waals surface area contributed by atoms with Crippen molar-refractivity contribution in [3.63, 3.8) is 0 Å². The van der Waals surface area contributed by atoms with E-state index in [1.165, 1.54) is 27.7 Å². The van der Waals surface area contributed by atoms with Crippen LogP contribution in [0.5, 0.6) is 0 Å². The number of nitrogens with one attached hydrogen (secondary N) is 6. The van der Waals surface area contributed by atoms with E-state index in [1.54, 1.807) is 0 Å². The maximum Gasteiger partial charge on any atom is 0.326 e. The van der Waals surface area contributed by atoms with Crippen LogP contribution in [-0.2, 0) is 24.0 Å². The molecular formula is C18H34N8O6. The molecule has 11 N–H and O–H groups in total. The average molecular weight is 459 g/mol. The second-order valence-corrected chi connectivity index (χ2v) is 7.36. The number of hydrogen-bond donors (Lipinski definition) is 9. The molecule has 0 radical (unpaired) electrons. The SMILES string of the molecule is C[C@H](N)C(=O)N[C@@H](C)C(=O)N[C@@H](C)C(=O)N[C@@H](C)C(=O)N[C@@H](CCCNC(=N)N)C(=O)O. The second-order valence-electron chi connectivity index (χ2n) is 7.36. The van der Waals surface area contributed by atoms with Crippen LogP contribution in [0.2, 0.25) is 0 Å². The lowest BCUT2D eigenvalue weighted by atomic mass is 10.1. The number of amides is 4. The van der Waals surface area contributed by atoms with Crippen LogP contribution in [0.25, 0.3) is 0 Å². The molecule has 14 heteroatoms. The van der Waals surface area contributed by atoms with Crippen molar-refractivity contribution in [3.05, 3.63) is 0 Å². The number of hydrogen-bond acceptors (Lipinski definition) is 7. The summed E-state index contributed by atoms with van der Waals surface area (Å²) >= 11 is 0. The lowest BCUT2D eigenvalue weighted by molar-refractivity contribution is -0.142. The Balaban J connectivity index is 4.65. The summed E-state index contributed by atoms with van der Waals surface area (Å²) in [6.45, 7) is 5.90. The van der Waals surface area contributed by atoms with E-state index in [1.807, 2.05) is 0 Å². The van der Waals surface area contributed by atoms with Gasteiger partial charge in [0.2, 0.25) is 23.6 Å². The Hall–Kier alpha value is -3.42. The minimum absolute atomic E-state index is 0.0828. The first-order valence-electron chi connectivity index (χ1n) is 10.0. The van der Waals surface area contributed by atoms with Gasteiger partial charge in [0.1, 0.15) is 24.2 Å². The van der Waals surface area contributed by atoms with E-state index in [4.69, 9.17) is 16.9 Å². The molecule has 0 rings (SSSR count). The standard InChI is InChI=1S/C18H34N8O6/c1-8(19)13(27)23-9(2)14(28)24-10(3)15(29)25-11(4)16(30)26-12(17(31)32)6-5-7-22-18(20)21/h8-12H,5-7,19H2,1-4H3,(H,23,27)(H,24,28)(H,25,29)(H,26,30)(H,31,32)(H4,20,21,22)/t8-,9-,10-,11-,12-/m0/s1. The molecule has 32 heavy (non-hydrogen) atoms. The maximum absolute atomic E-state index is 12.3. The molecule has 0 bridgehead atoms. The summed E-state index contributed by atoms with van der Waals surface area (Å²) in [6.07, 6.45) is 0.414. The minimum atomic E-state index is -1.25. The quantitative estimate of drug-likeness (QED) is 0.0760. The molecule has 0 saturated heterocycles. The molecule has 4 amide bonds. The van der Waals surface area contributed by atoms with Gasteiger partial charge in [0.05, 0.1) is 6.04 Å². The van der Waals surface area contributed by atoms with E-state index in [2.05, 4.69) is 26.6 Å². The number of carboxylic acid groups (broad SMARTS) is 1. The third-order valence-electron chi connectivity index (χ3n) is 4.27. The molecule has 0 heterocycles. The van der Waals surface area contributed by atoms with Crippen LogP contribution < -0.4 is 38.1 Å². The monoisotopic (exact) mass is 458 g/mol. The number of aliphatic carboxylic acids is 1. The van der Waals surface area contributed by atoms with Crippen LogP contribution in [0.1, 0.15) is 40.5 Å². The Labute approximate surface area is 186 Å². The fourth-order valence-electron chi connectivity index (χ4n) is 2.30. The topological polar surface area (TPSA) is 242 Å². The molecule has 0 aromatic rings. The highest BCUT2D eigenvalue weighted by Gasteiger charge is 2.26. The molecular weight excluding hydrogens is 424 g/mol. The summed E-state index contributed by atoms with van der Waals surface area (Å²) in [5, 5.41) is 28.3. The van der Waals surface area contributed by atoms with Crippen molar-refractivity contribution in [2.75, 3.05) is 6.54 Å². The molecule has 0 aromatic carbocycles.